The standard InChI is InChI=1S/C23H23N7OS/c1-15-19(16(2)29(3)28-15)21-26-22(24-10-11-31-18-7-5-4-6-8-18)20-23(27-21)30(14-25-20)17-9-12-32-13-17/h4-9,12-14H,10-11H2,1-3H3,(H,24,26,27). The maximum atomic E-state index is 5.82. The fourth-order valence-electron chi connectivity index (χ4n) is 3.67. The number of thiophene rings is 1. The van der Waals surface area contributed by atoms with Crippen molar-refractivity contribution in [2.45, 2.75) is 13.8 Å². The zero-order valence-electron chi connectivity index (χ0n) is 18.1. The molecule has 1 N–H and O–H groups in total. The molecule has 0 aliphatic carbocycles. The van der Waals surface area contributed by atoms with Crippen molar-refractivity contribution in [1.29, 1.82) is 0 Å². The lowest BCUT2D eigenvalue weighted by atomic mass is 10.2. The van der Waals surface area contributed by atoms with Gasteiger partial charge in [0.15, 0.2) is 22.8 Å². The summed E-state index contributed by atoms with van der Waals surface area (Å²) >= 11 is 1.64. The van der Waals surface area contributed by atoms with Crippen molar-refractivity contribution in [2.75, 3.05) is 18.5 Å². The lowest BCUT2D eigenvalue weighted by molar-refractivity contribution is 0.333. The van der Waals surface area contributed by atoms with Crippen LogP contribution in [0.15, 0.2) is 53.5 Å². The molecule has 0 spiro atoms. The smallest absolute Gasteiger partial charge is 0.170 e. The number of hydrogen-bond acceptors (Lipinski definition) is 7. The maximum Gasteiger partial charge on any atom is 0.170 e. The Morgan fingerprint density at radius 2 is 1.94 bits per heavy atom. The molecule has 0 saturated heterocycles. The largest absolute Gasteiger partial charge is 0.492 e. The number of ether oxygens (including phenoxy) is 1. The predicted octanol–water partition coefficient (Wildman–Crippen LogP) is 4.39. The van der Waals surface area contributed by atoms with Gasteiger partial charge in [-0.25, -0.2) is 15.0 Å². The number of nitrogens with one attached hydrogen (secondary N) is 1. The Labute approximate surface area is 189 Å². The zero-order valence-corrected chi connectivity index (χ0v) is 18.9. The van der Waals surface area contributed by atoms with Gasteiger partial charge in [0.1, 0.15) is 18.7 Å². The highest BCUT2D eigenvalue weighted by atomic mass is 32.1. The van der Waals surface area contributed by atoms with Crippen molar-refractivity contribution < 1.29 is 4.74 Å². The molecule has 0 atom stereocenters. The number of aromatic nitrogens is 6. The first-order chi connectivity index (χ1) is 15.6. The fourth-order valence-corrected chi connectivity index (χ4v) is 4.30. The van der Waals surface area contributed by atoms with E-state index < -0.39 is 0 Å². The van der Waals surface area contributed by atoms with Crippen LogP contribution in [-0.2, 0) is 7.05 Å². The summed E-state index contributed by atoms with van der Waals surface area (Å²) in [6.45, 7) is 5.09. The highest BCUT2D eigenvalue weighted by Crippen LogP contribution is 2.29. The van der Waals surface area contributed by atoms with Crippen LogP contribution in [0.4, 0.5) is 5.82 Å². The Balaban J connectivity index is 1.52. The van der Waals surface area contributed by atoms with E-state index in [1.807, 2.05) is 65.9 Å². The van der Waals surface area contributed by atoms with Gasteiger partial charge < -0.3 is 10.1 Å². The van der Waals surface area contributed by atoms with E-state index in [2.05, 4.69) is 26.8 Å². The molecule has 0 fully saturated rings. The van der Waals surface area contributed by atoms with Crippen LogP contribution in [0.2, 0.25) is 0 Å². The first-order valence-corrected chi connectivity index (χ1v) is 11.3. The quantitative estimate of drug-likeness (QED) is 0.374. The minimum absolute atomic E-state index is 0.501. The van der Waals surface area contributed by atoms with Crippen LogP contribution in [0, 0.1) is 13.8 Å². The summed E-state index contributed by atoms with van der Waals surface area (Å²) in [5.74, 6) is 2.15. The van der Waals surface area contributed by atoms with Crippen LogP contribution in [0.3, 0.4) is 0 Å². The van der Waals surface area contributed by atoms with Gasteiger partial charge in [0.25, 0.3) is 0 Å². The molecule has 0 radical (unpaired) electrons. The number of nitrogens with zero attached hydrogens (tertiary/aromatic N) is 6. The van der Waals surface area contributed by atoms with Crippen molar-refractivity contribution in [3.63, 3.8) is 0 Å². The van der Waals surface area contributed by atoms with Crippen LogP contribution >= 0.6 is 11.3 Å². The van der Waals surface area contributed by atoms with E-state index >= 15 is 0 Å². The van der Waals surface area contributed by atoms with E-state index in [0.717, 1.165) is 39.6 Å². The first kappa shape index (κ1) is 20.2. The van der Waals surface area contributed by atoms with E-state index in [0.29, 0.717) is 24.8 Å². The van der Waals surface area contributed by atoms with Gasteiger partial charge in [-0.3, -0.25) is 9.25 Å². The number of aryl methyl sites for hydroxylation is 2. The second-order valence-corrected chi connectivity index (χ2v) is 8.20. The third-order valence-corrected chi connectivity index (χ3v) is 5.99. The summed E-state index contributed by atoms with van der Waals surface area (Å²) < 4.78 is 9.66. The van der Waals surface area contributed by atoms with E-state index in [1.54, 1.807) is 17.7 Å². The molecule has 162 valence electrons. The van der Waals surface area contributed by atoms with Crippen molar-refractivity contribution >= 4 is 28.3 Å². The SMILES string of the molecule is Cc1nn(C)c(C)c1-c1nc(NCCOc2ccccc2)c2ncn(-c3ccsc3)c2n1. The molecule has 8 nitrogen and oxygen atoms in total. The molecule has 5 aromatic rings. The number of fused-ring (bicyclic) bond motifs is 1. The minimum atomic E-state index is 0.501. The number of benzene rings is 1. The topological polar surface area (TPSA) is 82.7 Å². The second kappa shape index (κ2) is 8.43. The molecule has 4 heterocycles. The van der Waals surface area contributed by atoms with Gasteiger partial charge in [-0.05, 0) is 37.4 Å². The number of rotatable bonds is 7. The molecular formula is C23H23N7OS. The average molecular weight is 446 g/mol. The zero-order chi connectivity index (χ0) is 22.1. The van der Waals surface area contributed by atoms with Crippen LogP contribution in [0.25, 0.3) is 28.2 Å². The van der Waals surface area contributed by atoms with Gasteiger partial charge in [-0.2, -0.15) is 16.4 Å². The summed E-state index contributed by atoms with van der Waals surface area (Å²) in [5, 5.41) is 12.1. The molecule has 5 rings (SSSR count). The normalized spacial score (nSPS) is 11.2. The number of anilines is 1. The summed E-state index contributed by atoms with van der Waals surface area (Å²) in [7, 11) is 1.93. The summed E-state index contributed by atoms with van der Waals surface area (Å²) in [4.78, 5) is 14.4. The van der Waals surface area contributed by atoms with Gasteiger partial charge in [0.2, 0.25) is 0 Å². The average Bonchev–Trinajstić information content (AvgIpc) is 3.52. The number of imidazole rings is 1. The highest BCUT2D eigenvalue weighted by molar-refractivity contribution is 7.08. The molecule has 0 bridgehead atoms. The van der Waals surface area contributed by atoms with E-state index in [4.69, 9.17) is 14.7 Å². The van der Waals surface area contributed by atoms with Crippen LogP contribution < -0.4 is 10.1 Å². The van der Waals surface area contributed by atoms with Crippen LogP contribution in [-0.4, -0.2) is 42.5 Å². The van der Waals surface area contributed by atoms with Gasteiger partial charge in [0.05, 0.1) is 23.5 Å². The third-order valence-electron chi connectivity index (χ3n) is 5.32. The van der Waals surface area contributed by atoms with Crippen molar-refractivity contribution in [2.24, 2.45) is 7.05 Å². The van der Waals surface area contributed by atoms with Gasteiger partial charge >= 0.3 is 0 Å². The lowest BCUT2D eigenvalue weighted by Gasteiger charge is -2.11. The summed E-state index contributed by atoms with van der Waals surface area (Å²) in [5.41, 5.74) is 5.35. The summed E-state index contributed by atoms with van der Waals surface area (Å²) in [6.07, 6.45) is 1.79. The van der Waals surface area contributed by atoms with Gasteiger partial charge in [-0.1, -0.05) is 18.2 Å². The van der Waals surface area contributed by atoms with E-state index in [9.17, 15) is 0 Å². The highest BCUT2D eigenvalue weighted by Gasteiger charge is 2.20. The molecule has 0 aliphatic rings. The van der Waals surface area contributed by atoms with Gasteiger partial charge in [-0.15, -0.1) is 0 Å². The fraction of sp³-hybridized carbons (Fsp3) is 0.217. The Bertz CT molecular complexity index is 1360. The molecule has 9 heteroatoms. The van der Waals surface area contributed by atoms with Gasteiger partial charge in [0, 0.05) is 18.1 Å². The maximum absolute atomic E-state index is 5.82. The second-order valence-electron chi connectivity index (χ2n) is 7.42. The molecule has 4 aromatic heterocycles. The van der Waals surface area contributed by atoms with Crippen molar-refractivity contribution in [1.82, 2.24) is 29.3 Å². The Kier molecular flexibility index (Phi) is 5.32. The van der Waals surface area contributed by atoms with Crippen LogP contribution in [0.5, 0.6) is 5.75 Å². The van der Waals surface area contributed by atoms with E-state index in [1.165, 1.54) is 0 Å². The Morgan fingerprint density at radius 3 is 2.66 bits per heavy atom. The van der Waals surface area contributed by atoms with Crippen molar-refractivity contribution in [3.05, 3.63) is 64.9 Å². The molecule has 0 saturated carbocycles. The molecular weight excluding hydrogens is 422 g/mol. The molecule has 1 aromatic carbocycles. The molecule has 32 heavy (non-hydrogen) atoms. The lowest BCUT2D eigenvalue weighted by Crippen LogP contribution is -2.13. The predicted molar refractivity (Wildman–Crippen MR) is 127 cm³/mol. The Morgan fingerprint density at radius 1 is 1.09 bits per heavy atom. The van der Waals surface area contributed by atoms with Crippen LogP contribution in [0.1, 0.15) is 11.4 Å². The molecule has 0 aliphatic heterocycles. The summed E-state index contributed by atoms with van der Waals surface area (Å²) in [6, 6.07) is 11.8. The number of para-hydroxylation sites is 1. The monoisotopic (exact) mass is 445 g/mol. The first-order valence-electron chi connectivity index (χ1n) is 10.3. The Hall–Kier alpha value is -3.72. The molecule has 0 unspecified atom stereocenters. The number of hydrogen-bond donors (Lipinski definition) is 1. The minimum Gasteiger partial charge on any atom is -0.492 e. The third kappa shape index (κ3) is 3.71. The molecule has 0 amide bonds. The van der Waals surface area contributed by atoms with E-state index in [-0.39, 0.29) is 0 Å². The van der Waals surface area contributed by atoms with Crippen molar-refractivity contribution in [3.8, 4) is 22.8 Å².